The Morgan fingerprint density at radius 2 is 1.73 bits per heavy atom. The number of rotatable bonds is 11. The largest absolute Gasteiger partial charge is 0.552 e. The molecule has 2 heterocycles. The van der Waals surface area contributed by atoms with Crippen molar-refractivity contribution in [3.8, 4) is 11.3 Å². The van der Waals surface area contributed by atoms with E-state index in [0.717, 1.165) is 5.56 Å². The minimum atomic E-state index is -1.34. The molecule has 220 valence electrons. The maximum Gasteiger partial charge on any atom is 0.552 e. The Bertz CT molecular complexity index is 1230. The first-order valence-electron chi connectivity index (χ1n) is 13.6. The van der Waals surface area contributed by atoms with Crippen molar-refractivity contribution < 1.29 is 38.3 Å². The second-order valence-electron chi connectivity index (χ2n) is 11.4. The number of pyridine rings is 1. The summed E-state index contributed by atoms with van der Waals surface area (Å²) in [6.45, 7) is 10.3. The SMILES string of the molecule is CC(C)C[C@H](NC(=O)C(NC(=O)c1cccc(-c2ccccc2)n1)[C@@H](C)O)B1OC(=O)[C@H](CC(=O)OC(C)(C)C)O1. The van der Waals surface area contributed by atoms with Gasteiger partial charge in [0.1, 0.15) is 17.3 Å². The summed E-state index contributed by atoms with van der Waals surface area (Å²) in [5.74, 6) is -3.47. The highest BCUT2D eigenvalue weighted by molar-refractivity contribution is 6.51. The minimum absolute atomic E-state index is 0.0528. The maximum atomic E-state index is 13.3. The average molecular weight is 567 g/mol. The third-order valence-electron chi connectivity index (χ3n) is 6.05. The lowest BCUT2D eigenvalue weighted by atomic mass is 9.74. The summed E-state index contributed by atoms with van der Waals surface area (Å²) in [4.78, 5) is 55.5. The number of aliphatic hydroxyl groups is 1. The Morgan fingerprint density at radius 3 is 2.34 bits per heavy atom. The van der Waals surface area contributed by atoms with Crippen LogP contribution in [0.15, 0.2) is 48.5 Å². The molecule has 2 aromatic rings. The van der Waals surface area contributed by atoms with Crippen LogP contribution in [0.1, 0.15) is 64.9 Å². The van der Waals surface area contributed by atoms with Crippen molar-refractivity contribution in [2.45, 2.75) is 84.2 Å². The first kappa shape index (κ1) is 31.8. The molecular formula is C29H38BN3O8. The highest BCUT2D eigenvalue weighted by Crippen LogP contribution is 2.22. The third kappa shape index (κ3) is 9.39. The molecular weight excluding hydrogens is 529 g/mol. The third-order valence-corrected chi connectivity index (χ3v) is 6.05. The lowest BCUT2D eigenvalue weighted by molar-refractivity contribution is -0.158. The molecule has 0 spiro atoms. The number of benzene rings is 1. The van der Waals surface area contributed by atoms with Crippen LogP contribution in [-0.2, 0) is 28.4 Å². The van der Waals surface area contributed by atoms with E-state index in [1.807, 2.05) is 44.2 Å². The van der Waals surface area contributed by atoms with Gasteiger partial charge in [0.15, 0.2) is 6.10 Å². The van der Waals surface area contributed by atoms with Crippen LogP contribution in [-0.4, -0.2) is 70.8 Å². The van der Waals surface area contributed by atoms with Gasteiger partial charge in [0.05, 0.1) is 24.2 Å². The Morgan fingerprint density at radius 1 is 1.05 bits per heavy atom. The molecule has 2 amide bonds. The molecule has 11 nitrogen and oxygen atoms in total. The molecule has 1 aromatic heterocycles. The van der Waals surface area contributed by atoms with Gasteiger partial charge in [-0.3, -0.25) is 19.2 Å². The summed E-state index contributed by atoms with van der Waals surface area (Å²) in [7, 11) is -1.17. The molecule has 0 saturated carbocycles. The molecule has 0 bridgehead atoms. The van der Waals surface area contributed by atoms with Gasteiger partial charge in [-0.25, -0.2) is 4.98 Å². The van der Waals surface area contributed by atoms with Crippen LogP contribution in [0.3, 0.4) is 0 Å². The van der Waals surface area contributed by atoms with Crippen LogP contribution < -0.4 is 10.6 Å². The first-order valence-corrected chi connectivity index (χ1v) is 13.6. The van der Waals surface area contributed by atoms with E-state index in [1.54, 1.807) is 32.9 Å². The topological polar surface area (TPSA) is 153 Å². The molecule has 41 heavy (non-hydrogen) atoms. The minimum Gasteiger partial charge on any atom is -0.506 e. The number of amides is 2. The molecule has 1 fully saturated rings. The smallest absolute Gasteiger partial charge is 0.506 e. The van der Waals surface area contributed by atoms with Gasteiger partial charge >= 0.3 is 19.1 Å². The van der Waals surface area contributed by atoms with Gasteiger partial charge < -0.3 is 29.8 Å². The predicted molar refractivity (Wildman–Crippen MR) is 151 cm³/mol. The lowest BCUT2D eigenvalue weighted by Crippen LogP contribution is -2.57. The van der Waals surface area contributed by atoms with Gasteiger partial charge in [0.2, 0.25) is 5.91 Å². The summed E-state index contributed by atoms with van der Waals surface area (Å²) in [5.41, 5.74) is 0.738. The number of nitrogens with zero attached hydrogens (tertiary/aromatic N) is 1. The fraction of sp³-hybridized carbons (Fsp3) is 0.483. The van der Waals surface area contributed by atoms with Crippen molar-refractivity contribution in [3.63, 3.8) is 0 Å². The number of hydrogen-bond donors (Lipinski definition) is 3. The molecule has 4 atom stereocenters. The van der Waals surface area contributed by atoms with E-state index in [1.165, 1.54) is 13.0 Å². The number of carbonyl (C=O) groups excluding carboxylic acids is 4. The predicted octanol–water partition coefficient (Wildman–Crippen LogP) is 2.46. The number of ether oxygens (including phenoxy) is 1. The zero-order valence-electron chi connectivity index (χ0n) is 24.2. The van der Waals surface area contributed by atoms with Crippen molar-refractivity contribution in [2.24, 2.45) is 5.92 Å². The van der Waals surface area contributed by atoms with E-state index in [4.69, 9.17) is 14.0 Å². The molecule has 1 aliphatic rings. The fourth-order valence-corrected chi connectivity index (χ4v) is 4.25. The number of carbonyl (C=O) groups is 4. The summed E-state index contributed by atoms with van der Waals surface area (Å²) < 4.78 is 16.4. The van der Waals surface area contributed by atoms with Crippen molar-refractivity contribution in [1.29, 1.82) is 0 Å². The Kier molecular flexibility index (Phi) is 10.6. The van der Waals surface area contributed by atoms with Crippen LogP contribution in [0.4, 0.5) is 0 Å². The summed E-state index contributed by atoms with van der Waals surface area (Å²) in [5, 5.41) is 15.7. The van der Waals surface area contributed by atoms with Gasteiger partial charge in [0.25, 0.3) is 5.91 Å². The van der Waals surface area contributed by atoms with E-state index >= 15 is 0 Å². The van der Waals surface area contributed by atoms with Crippen molar-refractivity contribution in [1.82, 2.24) is 15.6 Å². The number of aliphatic hydroxyl groups excluding tert-OH is 1. The highest BCUT2D eigenvalue weighted by atomic mass is 16.7. The van der Waals surface area contributed by atoms with E-state index in [-0.39, 0.29) is 18.0 Å². The van der Waals surface area contributed by atoms with Crippen LogP contribution in [0, 0.1) is 5.92 Å². The molecule has 3 rings (SSSR count). The van der Waals surface area contributed by atoms with Gasteiger partial charge in [-0.05, 0) is 52.2 Å². The number of esters is 1. The number of aromatic nitrogens is 1. The molecule has 3 N–H and O–H groups in total. The van der Waals surface area contributed by atoms with Crippen LogP contribution in [0.5, 0.6) is 0 Å². The fourth-order valence-electron chi connectivity index (χ4n) is 4.25. The van der Waals surface area contributed by atoms with Crippen molar-refractivity contribution >= 4 is 30.9 Å². The van der Waals surface area contributed by atoms with Crippen molar-refractivity contribution in [2.75, 3.05) is 0 Å². The first-order chi connectivity index (χ1) is 19.2. The Labute approximate surface area is 240 Å². The number of nitrogens with one attached hydrogen (secondary N) is 2. The van der Waals surface area contributed by atoms with Crippen molar-refractivity contribution in [3.05, 3.63) is 54.2 Å². The van der Waals surface area contributed by atoms with E-state index in [2.05, 4.69) is 15.6 Å². The second-order valence-corrected chi connectivity index (χ2v) is 11.4. The van der Waals surface area contributed by atoms with Crippen LogP contribution in [0.25, 0.3) is 11.3 Å². The van der Waals surface area contributed by atoms with E-state index < -0.39 is 60.7 Å². The van der Waals surface area contributed by atoms with E-state index in [0.29, 0.717) is 12.1 Å². The molecule has 0 aliphatic carbocycles. The van der Waals surface area contributed by atoms with Crippen LogP contribution in [0.2, 0.25) is 0 Å². The normalized spacial score (nSPS) is 17.4. The quantitative estimate of drug-likeness (QED) is 0.275. The van der Waals surface area contributed by atoms with Gasteiger partial charge in [-0.15, -0.1) is 0 Å². The standard InChI is InChI=1S/C29H38BN3O8/c1-17(2)15-23(30-40-22(28(38)41-30)16-24(35)39-29(4,5)6)32-27(37)25(18(3)34)33-26(36)21-14-10-13-20(31-21)19-11-8-7-9-12-19/h7-14,17-18,22-23,25,34H,15-16H2,1-6H3,(H,32,37)(H,33,36)/t18-,22+,23+,25?/m1/s1. The zero-order valence-corrected chi connectivity index (χ0v) is 24.2. The summed E-state index contributed by atoms with van der Waals surface area (Å²) >= 11 is 0. The van der Waals surface area contributed by atoms with Gasteiger partial charge in [0, 0.05) is 5.56 Å². The lowest BCUT2D eigenvalue weighted by Gasteiger charge is -2.26. The van der Waals surface area contributed by atoms with E-state index in [9.17, 15) is 24.3 Å². The zero-order chi connectivity index (χ0) is 30.3. The molecule has 1 aliphatic heterocycles. The van der Waals surface area contributed by atoms with Gasteiger partial charge in [-0.1, -0.05) is 50.2 Å². The molecule has 1 unspecified atom stereocenters. The monoisotopic (exact) mass is 567 g/mol. The summed E-state index contributed by atoms with van der Waals surface area (Å²) in [6, 6.07) is 12.9. The molecule has 1 aromatic carbocycles. The molecule has 12 heteroatoms. The average Bonchev–Trinajstić information content (AvgIpc) is 3.25. The van der Waals surface area contributed by atoms with Gasteiger partial charge in [-0.2, -0.15) is 0 Å². The summed E-state index contributed by atoms with van der Waals surface area (Å²) in [6.07, 6.45) is -2.43. The Balaban J connectivity index is 1.70. The van der Waals surface area contributed by atoms with Crippen LogP contribution >= 0.6 is 0 Å². The number of hydrogen-bond acceptors (Lipinski definition) is 9. The second kappa shape index (κ2) is 13.7. The Hall–Kier alpha value is -3.77. The maximum absolute atomic E-state index is 13.3. The highest BCUT2D eigenvalue weighted by Gasteiger charge is 2.47. The molecule has 1 saturated heterocycles. The molecule has 0 radical (unpaired) electrons.